The quantitative estimate of drug-likeness (QED) is 0.493. The fourth-order valence-electron chi connectivity index (χ4n) is 1.78. The molecule has 0 unspecified atom stereocenters. The van der Waals surface area contributed by atoms with Crippen LogP contribution in [-0.4, -0.2) is 25.5 Å². The Hall–Kier alpha value is -1.71. The highest BCUT2D eigenvalue weighted by atomic mass is 127. The van der Waals surface area contributed by atoms with Gasteiger partial charge in [0.15, 0.2) is 6.61 Å². The number of hydrogen-bond donors (Lipinski definition) is 2. The molecule has 0 aliphatic rings. The maximum atomic E-state index is 12.0. The van der Waals surface area contributed by atoms with Crippen LogP contribution < -0.4 is 20.3 Å². The minimum atomic E-state index is -0.539. The normalized spacial score (nSPS) is 10.1. The van der Waals surface area contributed by atoms with Gasteiger partial charge in [-0.25, -0.2) is 0 Å². The number of hydrazine groups is 1. The second-order valence-electron chi connectivity index (χ2n) is 4.72. The number of carbonyl (C=O) groups is 2. The van der Waals surface area contributed by atoms with Gasteiger partial charge in [-0.15, -0.1) is 0 Å². The first-order chi connectivity index (χ1) is 11.9. The van der Waals surface area contributed by atoms with E-state index in [1.165, 1.54) is 6.07 Å². The molecule has 0 aliphatic carbocycles. The summed E-state index contributed by atoms with van der Waals surface area (Å²) >= 11 is 13.8. The van der Waals surface area contributed by atoms with Crippen LogP contribution in [-0.2, 0) is 4.79 Å². The van der Waals surface area contributed by atoms with Crippen LogP contribution in [0, 0.1) is 3.57 Å². The molecular weight excluding hydrogens is 482 g/mol. The van der Waals surface area contributed by atoms with Crippen molar-refractivity contribution in [1.82, 2.24) is 10.9 Å². The van der Waals surface area contributed by atoms with Crippen LogP contribution >= 0.6 is 45.8 Å². The van der Waals surface area contributed by atoms with Crippen LogP contribution in [0.3, 0.4) is 0 Å². The van der Waals surface area contributed by atoms with Crippen LogP contribution in [0.1, 0.15) is 10.4 Å². The van der Waals surface area contributed by atoms with Gasteiger partial charge < -0.3 is 9.47 Å². The number of halogens is 3. The fourth-order valence-corrected chi connectivity index (χ4v) is 2.98. The van der Waals surface area contributed by atoms with E-state index in [0.29, 0.717) is 22.1 Å². The SMILES string of the molecule is COc1ccc(C(=O)NNC(=O)COc2ccc(Cl)cc2Cl)cc1I. The average molecular weight is 495 g/mol. The molecule has 0 fully saturated rings. The highest BCUT2D eigenvalue weighted by Gasteiger charge is 2.11. The van der Waals surface area contributed by atoms with Crippen molar-refractivity contribution in [2.24, 2.45) is 0 Å². The molecule has 9 heteroatoms. The first-order valence-electron chi connectivity index (χ1n) is 6.91. The minimum absolute atomic E-state index is 0.289. The summed E-state index contributed by atoms with van der Waals surface area (Å²) in [6.07, 6.45) is 0. The van der Waals surface area contributed by atoms with E-state index in [4.69, 9.17) is 32.7 Å². The minimum Gasteiger partial charge on any atom is -0.496 e. The molecule has 0 heterocycles. The van der Waals surface area contributed by atoms with Gasteiger partial charge in [-0.2, -0.15) is 0 Å². The lowest BCUT2D eigenvalue weighted by Crippen LogP contribution is -2.43. The van der Waals surface area contributed by atoms with Gasteiger partial charge in [-0.1, -0.05) is 23.2 Å². The molecule has 2 N–H and O–H groups in total. The maximum absolute atomic E-state index is 12.0. The van der Waals surface area contributed by atoms with E-state index in [2.05, 4.69) is 33.4 Å². The van der Waals surface area contributed by atoms with Crippen LogP contribution in [0.4, 0.5) is 0 Å². The molecule has 2 rings (SSSR count). The Morgan fingerprint density at radius 2 is 1.80 bits per heavy atom. The monoisotopic (exact) mass is 494 g/mol. The lowest BCUT2D eigenvalue weighted by Gasteiger charge is -2.10. The molecule has 6 nitrogen and oxygen atoms in total. The molecule has 0 atom stereocenters. The Labute approximate surface area is 167 Å². The number of ether oxygens (including phenoxy) is 2. The summed E-state index contributed by atoms with van der Waals surface area (Å²) in [4.78, 5) is 23.8. The molecule has 132 valence electrons. The highest BCUT2D eigenvalue weighted by molar-refractivity contribution is 14.1. The number of methoxy groups -OCH3 is 1. The summed E-state index contributed by atoms with van der Waals surface area (Å²) in [5.41, 5.74) is 4.95. The van der Waals surface area contributed by atoms with Crippen molar-refractivity contribution in [2.75, 3.05) is 13.7 Å². The summed E-state index contributed by atoms with van der Waals surface area (Å²) < 4.78 is 11.2. The molecule has 2 aromatic carbocycles. The Morgan fingerprint density at radius 1 is 1.08 bits per heavy atom. The number of nitrogens with one attached hydrogen (secondary N) is 2. The van der Waals surface area contributed by atoms with E-state index >= 15 is 0 Å². The van der Waals surface area contributed by atoms with Crippen molar-refractivity contribution in [1.29, 1.82) is 0 Å². The number of rotatable bonds is 5. The van der Waals surface area contributed by atoms with Gasteiger partial charge in [0, 0.05) is 10.6 Å². The predicted octanol–water partition coefficient (Wildman–Crippen LogP) is 3.45. The van der Waals surface area contributed by atoms with Gasteiger partial charge in [-0.3, -0.25) is 20.4 Å². The maximum Gasteiger partial charge on any atom is 0.276 e. The highest BCUT2D eigenvalue weighted by Crippen LogP contribution is 2.27. The number of hydrogen-bond acceptors (Lipinski definition) is 4. The third-order valence-electron chi connectivity index (χ3n) is 2.98. The Morgan fingerprint density at radius 3 is 2.44 bits per heavy atom. The molecule has 0 aromatic heterocycles. The van der Waals surface area contributed by atoms with Crippen molar-refractivity contribution in [3.63, 3.8) is 0 Å². The Balaban J connectivity index is 1.85. The molecule has 0 spiro atoms. The zero-order valence-corrected chi connectivity index (χ0v) is 16.6. The number of carbonyl (C=O) groups excluding carboxylic acids is 2. The average Bonchev–Trinajstić information content (AvgIpc) is 2.58. The fraction of sp³-hybridized carbons (Fsp3) is 0.125. The smallest absolute Gasteiger partial charge is 0.276 e. The molecule has 0 bridgehead atoms. The van der Waals surface area contributed by atoms with Gasteiger partial charge in [0.2, 0.25) is 0 Å². The van der Waals surface area contributed by atoms with E-state index in [1.807, 2.05) is 0 Å². The molecule has 2 amide bonds. The topological polar surface area (TPSA) is 76.7 Å². The van der Waals surface area contributed by atoms with E-state index in [0.717, 1.165) is 3.57 Å². The molecular formula is C16H13Cl2IN2O4. The first kappa shape index (κ1) is 19.6. The van der Waals surface area contributed by atoms with Crippen molar-refractivity contribution in [3.05, 3.63) is 55.6 Å². The zero-order chi connectivity index (χ0) is 18.4. The summed E-state index contributed by atoms with van der Waals surface area (Å²) in [5.74, 6) is -0.0206. The standard InChI is InChI=1S/C16H13Cl2IN2O4/c1-24-14-4-2-9(6-12(14)19)16(23)21-20-15(22)8-25-13-5-3-10(17)7-11(13)18/h2-7H,8H2,1H3,(H,20,22)(H,21,23). The summed E-state index contributed by atoms with van der Waals surface area (Å²) in [7, 11) is 1.55. The molecule has 0 saturated heterocycles. The lowest BCUT2D eigenvalue weighted by atomic mass is 10.2. The third-order valence-corrected chi connectivity index (χ3v) is 4.36. The van der Waals surface area contributed by atoms with Gasteiger partial charge in [-0.05, 0) is 59.0 Å². The first-order valence-corrected chi connectivity index (χ1v) is 8.74. The van der Waals surface area contributed by atoms with Gasteiger partial charge in [0.25, 0.3) is 11.8 Å². The molecule has 2 aromatic rings. The molecule has 25 heavy (non-hydrogen) atoms. The largest absolute Gasteiger partial charge is 0.496 e. The summed E-state index contributed by atoms with van der Waals surface area (Å²) in [6, 6.07) is 9.55. The lowest BCUT2D eigenvalue weighted by molar-refractivity contribution is -0.123. The second-order valence-corrected chi connectivity index (χ2v) is 6.72. The van der Waals surface area contributed by atoms with Gasteiger partial charge >= 0.3 is 0 Å². The summed E-state index contributed by atoms with van der Waals surface area (Å²) in [5, 5.41) is 0.750. The number of amides is 2. The van der Waals surface area contributed by atoms with Crippen molar-refractivity contribution >= 4 is 57.6 Å². The molecule has 0 aliphatic heterocycles. The third kappa shape index (κ3) is 5.65. The molecule has 0 saturated carbocycles. The van der Waals surface area contributed by atoms with Crippen molar-refractivity contribution in [3.8, 4) is 11.5 Å². The van der Waals surface area contributed by atoms with Crippen LogP contribution in [0.15, 0.2) is 36.4 Å². The van der Waals surface area contributed by atoms with Gasteiger partial charge in [0.05, 0.1) is 15.7 Å². The summed E-state index contributed by atoms with van der Waals surface area (Å²) in [6.45, 7) is -0.318. The number of benzene rings is 2. The van der Waals surface area contributed by atoms with E-state index in [-0.39, 0.29) is 11.6 Å². The zero-order valence-electron chi connectivity index (χ0n) is 12.9. The predicted molar refractivity (Wildman–Crippen MR) is 103 cm³/mol. The van der Waals surface area contributed by atoms with E-state index in [9.17, 15) is 9.59 Å². The molecule has 0 radical (unpaired) electrons. The second kappa shape index (κ2) is 9.12. The Bertz CT molecular complexity index is 802. The van der Waals surface area contributed by atoms with Crippen LogP contribution in [0.2, 0.25) is 10.0 Å². The Kier molecular flexibility index (Phi) is 7.15. The van der Waals surface area contributed by atoms with E-state index in [1.54, 1.807) is 37.4 Å². The van der Waals surface area contributed by atoms with Gasteiger partial charge in [0.1, 0.15) is 11.5 Å². The van der Waals surface area contributed by atoms with Crippen LogP contribution in [0.5, 0.6) is 11.5 Å². The van der Waals surface area contributed by atoms with Crippen molar-refractivity contribution in [2.45, 2.75) is 0 Å². The van der Waals surface area contributed by atoms with E-state index < -0.39 is 11.8 Å². The van der Waals surface area contributed by atoms with Crippen LogP contribution in [0.25, 0.3) is 0 Å². The van der Waals surface area contributed by atoms with Crippen molar-refractivity contribution < 1.29 is 19.1 Å².